The minimum atomic E-state index is -0.928. The maximum Gasteiger partial charge on any atom is 0.305 e. The van der Waals surface area contributed by atoms with E-state index in [4.69, 9.17) is 9.84 Å². The van der Waals surface area contributed by atoms with Gasteiger partial charge in [-0.05, 0) is 30.7 Å². The third-order valence-electron chi connectivity index (χ3n) is 3.05. The van der Waals surface area contributed by atoms with Crippen molar-refractivity contribution in [1.29, 1.82) is 0 Å². The van der Waals surface area contributed by atoms with Crippen molar-refractivity contribution < 1.29 is 19.4 Å². The molecule has 5 nitrogen and oxygen atoms in total. The number of hydrogen-bond donors (Lipinski definition) is 2. The molecule has 1 aliphatic rings. The van der Waals surface area contributed by atoms with E-state index in [1.54, 1.807) is 0 Å². The van der Waals surface area contributed by atoms with Crippen molar-refractivity contribution in [2.24, 2.45) is 0 Å². The molecular weight excluding hydrogens is 266 g/mol. The Bertz CT molecular complexity index is 426. The molecule has 1 saturated heterocycles. The lowest BCUT2D eigenvalue weighted by Crippen LogP contribution is -2.40. The summed E-state index contributed by atoms with van der Waals surface area (Å²) < 4.78 is 5.41. The predicted molar refractivity (Wildman–Crippen MR) is 71.0 cm³/mol. The summed E-state index contributed by atoms with van der Waals surface area (Å²) in [6.07, 6.45) is 2.10. The molecule has 0 bridgehead atoms. The molecule has 1 aromatic heterocycles. The summed E-state index contributed by atoms with van der Waals surface area (Å²) >= 11 is 1.44. The molecule has 19 heavy (non-hydrogen) atoms. The highest BCUT2D eigenvalue weighted by atomic mass is 32.1. The van der Waals surface area contributed by atoms with Crippen molar-refractivity contribution in [2.45, 2.75) is 37.8 Å². The largest absolute Gasteiger partial charge is 0.481 e. The first-order valence-electron chi connectivity index (χ1n) is 6.34. The Labute approximate surface area is 115 Å². The maximum atomic E-state index is 12.1. The lowest BCUT2D eigenvalue weighted by molar-refractivity contribution is -0.139. The first-order valence-corrected chi connectivity index (χ1v) is 7.22. The highest BCUT2D eigenvalue weighted by Crippen LogP contribution is 2.23. The van der Waals surface area contributed by atoms with Crippen molar-refractivity contribution >= 4 is 23.2 Å². The van der Waals surface area contributed by atoms with Crippen LogP contribution in [0.15, 0.2) is 17.5 Å². The fraction of sp³-hybridized carbons (Fsp3) is 0.538. The zero-order valence-electron chi connectivity index (χ0n) is 10.5. The molecule has 0 radical (unpaired) electrons. The van der Waals surface area contributed by atoms with Gasteiger partial charge in [-0.3, -0.25) is 9.59 Å². The zero-order chi connectivity index (χ0) is 13.7. The lowest BCUT2D eigenvalue weighted by atomic mass is 10.1. The van der Waals surface area contributed by atoms with Gasteiger partial charge in [-0.15, -0.1) is 11.3 Å². The van der Waals surface area contributed by atoms with Crippen LogP contribution in [0.1, 0.15) is 36.6 Å². The predicted octanol–water partition coefficient (Wildman–Crippen LogP) is 1.95. The van der Waals surface area contributed by atoms with Crippen molar-refractivity contribution in [2.75, 3.05) is 6.61 Å². The van der Waals surface area contributed by atoms with Crippen LogP contribution in [0.4, 0.5) is 0 Å². The van der Waals surface area contributed by atoms with Crippen LogP contribution < -0.4 is 5.32 Å². The minimum absolute atomic E-state index is 0.112. The first-order chi connectivity index (χ1) is 9.16. The maximum absolute atomic E-state index is 12.1. The molecule has 104 valence electrons. The van der Waals surface area contributed by atoms with Gasteiger partial charge in [0, 0.05) is 11.5 Å². The number of thiophene rings is 1. The Balaban J connectivity index is 1.99. The first kappa shape index (κ1) is 14.0. The number of rotatable bonds is 5. The second-order valence-electron chi connectivity index (χ2n) is 4.53. The van der Waals surface area contributed by atoms with Gasteiger partial charge in [-0.25, -0.2) is 0 Å². The average Bonchev–Trinajstić information content (AvgIpc) is 2.92. The summed E-state index contributed by atoms with van der Waals surface area (Å²) in [6, 6.07) is 3.20. The van der Waals surface area contributed by atoms with Gasteiger partial charge in [0.25, 0.3) is 0 Å². The van der Waals surface area contributed by atoms with Crippen molar-refractivity contribution in [3.63, 3.8) is 0 Å². The van der Waals surface area contributed by atoms with E-state index in [-0.39, 0.29) is 12.3 Å². The number of carboxylic acid groups (broad SMARTS) is 1. The Morgan fingerprint density at radius 1 is 1.53 bits per heavy atom. The van der Waals surface area contributed by atoms with Crippen molar-refractivity contribution in [1.82, 2.24) is 5.32 Å². The van der Waals surface area contributed by atoms with Crippen LogP contribution in [0.2, 0.25) is 0 Å². The molecule has 2 heterocycles. The van der Waals surface area contributed by atoms with E-state index in [1.807, 2.05) is 17.5 Å². The normalized spacial score (nSPS) is 20.7. The average molecular weight is 283 g/mol. The van der Waals surface area contributed by atoms with Gasteiger partial charge in [0.1, 0.15) is 6.10 Å². The quantitative estimate of drug-likeness (QED) is 0.866. The van der Waals surface area contributed by atoms with Gasteiger partial charge in [-0.2, -0.15) is 0 Å². The van der Waals surface area contributed by atoms with Crippen LogP contribution in [0.25, 0.3) is 0 Å². The third-order valence-corrected chi connectivity index (χ3v) is 4.04. The summed E-state index contributed by atoms with van der Waals surface area (Å²) in [6.45, 7) is 0.598. The summed E-state index contributed by atoms with van der Waals surface area (Å²) in [5.74, 6) is -1.14. The molecular formula is C13H17NO4S. The van der Waals surface area contributed by atoms with Gasteiger partial charge in [-0.1, -0.05) is 6.07 Å². The third kappa shape index (κ3) is 4.04. The van der Waals surface area contributed by atoms with E-state index in [9.17, 15) is 9.59 Å². The van der Waals surface area contributed by atoms with Gasteiger partial charge in [0.15, 0.2) is 0 Å². The minimum Gasteiger partial charge on any atom is -0.481 e. The SMILES string of the molecule is O=C(O)CC(NC(=O)C1CCCCO1)c1cccs1. The molecule has 1 amide bonds. The zero-order valence-corrected chi connectivity index (χ0v) is 11.3. The second kappa shape index (κ2) is 6.68. The molecule has 1 aromatic rings. The molecule has 2 rings (SSSR count). The van der Waals surface area contributed by atoms with E-state index >= 15 is 0 Å². The number of carbonyl (C=O) groups is 2. The number of ether oxygens (including phenoxy) is 1. The van der Waals surface area contributed by atoms with E-state index in [1.165, 1.54) is 11.3 Å². The van der Waals surface area contributed by atoms with E-state index in [0.29, 0.717) is 13.0 Å². The highest BCUT2D eigenvalue weighted by Gasteiger charge is 2.26. The van der Waals surface area contributed by atoms with Gasteiger partial charge in [0.2, 0.25) is 5.91 Å². The topological polar surface area (TPSA) is 75.6 Å². The Kier molecular flexibility index (Phi) is 4.93. The second-order valence-corrected chi connectivity index (χ2v) is 5.51. The number of nitrogens with one attached hydrogen (secondary N) is 1. The van der Waals surface area contributed by atoms with Crippen LogP contribution in [0, 0.1) is 0 Å². The van der Waals surface area contributed by atoms with Crippen LogP contribution >= 0.6 is 11.3 Å². The van der Waals surface area contributed by atoms with Gasteiger partial charge >= 0.3 is 5.97 Å². The summed E-state index contributed by atoms with van der Waals surface area (Å²) in [4.78, 5) is 23.8. The molecule has 6 heteroatoms. The number of hydrogen-bond acceptors (Lipinski definition) is 4. The van der Waals surface area contributed by atoms with Crippen LogP contribution in [0.5, 0.6) is 0 Å². The molecule has 0 spiro atoms. The molecule has 2 atom stereocenters. The molecule has 1 fully saturated rings. The van der Waals surface area contributed by atoms with E-state index in [2.05, 4.69) is 5.32 Å². The monoisotopic (exact) mass is 283 g/mol. The Morgan fingerprint density at radius 2 is 2.37 bits per heavy atom. The molecule has 2 unspecified atom stereocenters. The highest BCUT2D eigenvalue weighted by molar-refractivity contribution is 7.10. The van der Waals surface area contributed by atoms with Crippen molar-refractivity contribution in [3.05, 3.63) is 22.4 Å². The molecule has 0 aliphatic carbocycles. The number of carbonyl (C=O) groups excluding carboxylic acids is 1. The van der Waals surface area contributed by atoms with Crippen molar-refractivity contribution in [3.8, 4) is 0 Å². The summed E-state index contributed by atoms with van der Waals surface area (Å²) in [7, 11) is 0. The summed E-state index contributed by atoms with van der Waals surface area (Å²) in [5, 5.41) is 13.6. The molecule has 2 N–H and O–H groups in total. The summed E-state index contributed by atoms with van der Waals surface area (Å²) in [5.41, 5.74) is 0. The number of carboxylic acids is 1. The molecule has 0 saturated carbocycles. The fourth-order valence-corrected chi connectivity index (χ4v) is 2.88. The van der Waals surface area contributed by atoms with E-state index in [0.717, 1.165) is 17.7 Å². The lowest BCUT2D eigenvalue weighted by Gasteiger charge is -2.24. The standard InChI is InChI=1S/C13H17NO4S/c15-12(16)8-9(11-5-3-7-19-11)14-13(17)10-4-1-2-6-18-10/h3,5,7,9-10H,1-2,4,6,8H2,(H,14,17)(H,15,16). The van der Waals surface area contributed by atoms with E-state index < -0.39 is 18.1 Å². The smallest absolute Gasteiger partial charge is 0.305 e. The van der Waals surface area contributed by atoms with Crippen LogP contribution in [0.3, 0.4) is 0 Å². The van der Waals surface area contributed by atoms with Crippen LogP contribution in [-0.4, -0.2) is 29.7 Å². The fourth-order valence-electron chi connectivity index (χ4n) is 2.10. The Morgan fingerprint density at radius 3 is 2.95 bits per heavy atom. The number of amides is 1. The molecule has 1 aliphatic heterocycles. The number of aliphatic carboxylic acids is 1. The molecule has 0 aromatic carbocycles. The van der Waals surface area contributed by atoms with Gasteiger partial charge < -0.3 is 15.2 Å². The van der Waals surface area contributed by atoms with Crippen LogP contribution in [-0.2, 0) is 14.3 Å². The Hall–Kier alpha value is -1.40. The van der Waals surface area contributed by atoms with Gasteiger partial charge in [0.05, 0.1) is 12.5 Å².